The van der Waals surface area contributed by atoms with Gasteiger partial charge >= 0.3 is 5.97 Å². The van der Waals surface area contributed by atoms with Crippen LogP contribution in [0.2, 0.25) is 25.8 Å². The summed E-state index contributed by atoms with van der Waals surface area (Å²) in [5, 5.41) is 36.7. The number of nitriles is 1. The van der Waals surface area contributed by atoms with E-state index in [0.29, 0.717) is 115 Å². The van der Waals surface area contributed by atoms with Gasteiger partial charge in [0.15, 0.2) is 0 Å². The number of aliphatic carboxylic acids is 1. The van der Waals surface area contributed by atoms with Gasteiger partial charge in [0.25, 0.3) is 11.1 Å². The predicted octanol–water partition coefficient (Wildman–Crippen LogP) is 15.1. The Labute approximate surface area is 582 Å². The first-order valence-electron chi connectivity index (χ1n) is 29.6. The number of aliphatic hydroxyl groups excluding tert-OH is 1. The van der Waals surface area contributed by atoms with Crippen LogP contribution in [0.3, 0.4) is 0 Å². The number of ether oxygens (including phenoxy) is 8. The summed E-state index contributed by atoms with van der Waals surface area (Å²) in [6.07, 6.45) is 6.72. The van der Waals surface area contributed by atoms with Crippen LogP contribution in [0.4, 0.5) is 0 Å². The van der Waals surface area contributed by atoms with Crippen LogP contribution in [0.1, 0.15) is 40.7 Å². The molecule has 0 bridgehead atoms. The summed E-state index contributed by atoms with van der Waals surface area (Å²) in [6.45, 7) is 8.40. The number of carbonyl (C=O) groups is 1. The smallest absolute Gasteiger partial charge is 0.307 e. The van der Waals surface area contributed by atoms with Crippen molar-refractivity contribution in [2.24, 2.45) is 0 Å². The minimum absolute atomic E-state index is 0.0491. The van der Waals surface area contributed by atoms with E-state index in [2.05, 4.69) is 38.1 Å². The lowest BCUT2D eigenvalue weighted by Crippen LogP contribution is -2.14. The molecule has 97 heavy (non-hydrogen) atoms. The van der Waals surface area contributed by atoms with Crippen LogP contribution in [0.25, 0.3) is 53.9 Å². The van der Waals surface area contributed by atoms with E-state index in [0.717, 1.165) is 83.8 Å². The van der Waals surface area contributed by atoms with Crippen molar-refractivity contribution in [2.45, 2.75) is 38.5 Å². The minimum Gasteiger partial charge on any atom is -0.497 e. The number of H-pyrrole nitrogens is 3. The molecule has 0 unspecified atom stereocenters. The lowest BCUT2D eigenvalue weighted by atomic mass is 10.0. The number of hydrogen-bond acceptors (Lipinski definition) is 16. The van der Waals surface area contributed by atoms with E-state index in [1.807, 2.05) is 78.9 Å². The van der Waals surface area contributed by atoms with E-state index < -0.39 is 5.97 Å². The molecule has 1 aliphatic rings. The number of aromatic amines is 3. The summed E-state index contributed by atoms with van der Waals surface area (Å²) < 4.78 is 41.6. The molecule has 11 aromatic rings. The number of carboxylic acids is 1. The van der Waals surface area contributed by atoms with Gasteiger partial charge in [0.2, 0.25) is 17.3 Å². The van der Waals surface area contributed by atoms with Gasteiger partial charge < -0.3 is 63.1 Å². The van der Waals surface area contributed by atoms with Crippen molar-refractivity contribution in [3.05, 3.63) is 231 Å². The number of aromatic nitrogens is 5. The number of pyridine rings is 5. The van der Waals surface area contributed by atoms with Crippen molar-refractivity contribution >= 4 is 118 Å². The molecule has 5 N–H and O–H groups in total. The molecule has 504 valence electrons. The van der Waals surface area contributed by atoms with E-state index in [9.17, 15) is 19.2 Å². The fourth-order valence-electron chi connectivity index (χ4n) is 9.92. The molecule has 6 aromatic carbocycles. The third-order valence-electron chi connectivity index (χ3n) is 14.7. The van der Waals surface area contributed by atoms with Gasteiger partial charge in [-0.25, -0.2) is 9.97 Å². The maximum Gasteiger partial charge on any atom is 0.307 e. The molecule has 0 spiro atoms. The number of halogens is 5. The zero-order valence-corrected chi connectivity index (χ0v) is 57.3. The lowest BCUT2D eigenvalue weighted by Gasteiger charge is -2.18. The van der Waals surface area contributed by atoms with Crippen LogP contribution in [0.5, 0.6) is 46.3 Å². The van der Waals surface area contributed by atoms with E-state index in [1.54, 1.807) is 90.2 Å². The molecule has 12 rings (SSSR count). The molecule has 6 heterocycles. The summed E-state index contributed by atoms with van der Waals surface area (Å²) in [6, 6.07) is 37.7. The summed E-state index contributed by atoms with van der Waals surface area (Å²) in [4.78, 5) is 61.5. The predicted molar refractivity (Wildman–Crippen MR) is 383 cm³/mol. The molecule has 0 saturated heterocycles. The number of aliphatic hydroxyl groups is 1. The molecule has 1 aliphatic heterocycles. The van der Waals surface area contributed by atoms with Crippen molar-refractivity contribution in [2.75, 3.05) is 62.5 Å². The summed E-state index contributed by atoms with van der Waals surface area (Å²) in [5.74, 6) is 4.42. The highest BCUT2D eigenvalue weighted by Crippen LogP contribution is 2.37. The monoisotopic (exact) mass is 1410 g/mol. The molecular weight excluding hydrogens is 1350 g/mol. The van der Waals surface area contributed by atoms with Gasteiger partial charge in [-0.05, 0) is 174 Å². The van der Waals surface area contributed by atoms with Crippen molar-refractivity contribution in [3.8, 4) is 52.3 Å². The van der Waals surface area contributed by atoms with Gasteiger partial charge in [-0.1, -0.05) is 76.7 Å². The summed E-state index contributed by atoms with van der Waals surface area (Å²) in [7, 11) is 9.51. The Kier molecular flexibility index (Phi) is 27.8. The van der Waals surface area contributed by atoms with Crippen molar-refractivity contribution in [3.63, 3.8) is 0 Å². The number of methoxy groups -OCH3 is 6. The Hall–Kier alpha value is -9.98. The fourth-order valence-corrected chi connectivity index (χ4v) is 11.2. The largest absolute Gasteiger partial charge is 0.497 e. The summed E-state index contributed by atoms with van der Waals surface area (Å²) >= 11 is 30.1. The first-order valence-corrected chi connectivity index (χ1v) is 31.5. The first kappa shape index (κ1) is 74.4. The number of rotatable bonds is 16. The SMILES string of the molecule is C=CCOc1cc2cc(OC)ccc2c(Cl)n1.C=CCc1c(=O)[nH]c(Cl)c2ccc(OC)cc12.COc1ccc(C#N)c(CC(=O)O)c1.COc1ccc2c(Cl)[nH]c(=O)c(CCCO)c2c1.COc1ccc2c(Cl)[nH]c(=O)cc2c1.COc1ccc2c(Cl)nc3c(c2c1)CCCO3. The summed E-state index contributed by atoms with van der Waals surface area (Å²) in [5.41, 5.74) is 2.64. The quantitative estimate of drug-likeness (QED) is 0.0444. The Morgan fingerprint density at radius 2 is 1.07 bits per heavy atom. The molecule has 0 amide bonds. The van der Waals surface area contributed by atoms with Crippen LogP contribution in [-0.2, 0) is 30.5 Å². The van der Waals surface area contributed by atoms with Gasteiger partial charge in [0, 0.05) is 62.4 Å². The second-order valence-electron chi connectivity index (χ2n) is 20.7. The number of carboxylic acid groups (broad SMARTS) is 1. The maximum atomic E-state index is 11.9. The molecule has 0 saturated carbocycles. The number of fused-ring (bicyclic) bond motifs is 7. The minimum atomic E-state index is -0.963. The van der Waals surface area contributed by atoms with Gasteiger partial charge in [0.1, 0.15) is 66.9 Å². The Balaban J connectivity index is 0.000000164. The van der Waals surface area contributed by atoms with E-state index in [-0.39, 0.29) is 29.7 Å². The second-order valence-corrected chi connectivity index (χ2v) is 22.6. The van der Waals surface area contributed by atoms with E-state index in [1.165, 1.54) is 13.2 Å². The number of benzene rings is 6. The van der Waals surface area contributed by atoms with Gasteiger partial charge in [-0.15, -0.1) is 6.58 Å². The first-order chi connectivity index (χ1) is 46.7. The third kappa shape index (κ3) is 19.6. The third-order valence-corrected chi connectivity index (χ3v) is 16.1. The van der Waals surface area contributed by atoms with E-state index >= 15 is 0 Å². The molecular formula is C72H67Cl5N6O14. The zero-order valence-electron chi connectivity index (χ0n) is 53.5. The van der Waals surface area contributed by atoms with Crippen molar-refractivity contribution < 1.29 is 52.9 Å². The molecule has 20 nitrogen and oxygen atoms in total. The van der Waals surface area contributed by atoms with Crippen molar-refractivity contribution in [1.29, 1.82) is 5.26 Å². The molecule has 5 aromatic heterocycles. The lowest BCUT2D eigenvalue weighted by molar-refractivity contribution is -0.136. The maximum absolute atomic E-state index is 11.9. The second kappa shape index (κ2) is 36.2. The number of nitrogens with one attached hydrogen (secondary N) is 3. The Morgan fingerprint density at radius 3 is 1.62 bits per heavy atom. The molecule has 0 radical (unpaired) electrons. The highest BCUT2D eigenvalue weighted by molar-refractivity contribution is 6.36. The van der Waals surface area contributed by atoms with E-state index in [4.69, 9.17) is 111 Å². The number of aryl methyl sites for hydroxylation is 2. The molecule has 0 aliphatic carbocycles. The standard InChI is InChI=1S/C13H14ClNO3.3C13H12ClNO2.C10H8ClNO2.C10H9NO3/c1-18-8-4-5-9-11(7-8)10(3-2-6-16)13(17)15-12(9)14;1-16-8-4-5-9-11(7-8)10-3-2-6-17-13(10)15-12(9)14;1-3-6-17-12-8-9-7-10(16-2)4-5-11(9)13(14)15-12;1-3-4-10-11-7-8(17-2)5-6-9(11)12(14)15-13(10)16;1-14-7-2-3-8-6(4-7)5-9(13)12-10(8)11;1-14-9-3-2-7(6-11)8(4-9)5-10(12)13/h4-5,7,16H,2-3,6H2,1H3,(H,15,17);4-5,7H,2-3,6H2,1H3;3-5,7-8H,1,6H2,2H3;3,5-7H,1,4H2,2H3,(H,15,16);2-5H,1H3,(H,12,13);2-4H,5H2,1H3,(H,12,13). The van der Waals surface area contributed by atoms with Crippen LogP contribution >= 0.6 is 58.0 Å². The average Bonchev–Trinajstić information content (AvgIpc) is 0.802. The number of allylic oxidation sites excluding steroid dienone is 1. The van der Waals surface area contributed by atoms with Crippen LogP contribution in [0.15, 0.2) is 161 Å². The van der Waals surface area contributed by atoms with Crippen LogP contribution in [-0.4, -0.2) is 104 Å². The number of nitrogens with zero attached hydrogens (tertiary/aromatic N) is 3. The highest BCUT2D eigenvalue weighted by atomic mass is 35.5. The zero-order chi connectivity index (χ0) is 70.3. The average molecular weight is 1420 g/mol. The van der Waals surface area contributed by atoms with Crippen LogP contribution < -0.4 is 54.6 Å². The van der Waals surface area contributed by atoms with Gasteiger partial charge in [0.05, 0.1) is 67.3 Å². The Bertz CT molecular complexity index is 4880. The van der Waals surface area contributed by atoms with Gasteiger partial charge in [-0.3, -0.25) is 19.2 Å². The van der Waals surface area contributed by atoms with Crippen molar-refractivity contribution in [1.82, 2.24) is 24.9 Å². The molecule has 0 atom stereocenters. The number of hydrogen-bond donors (Lipinski definition) is 5. The van der Waals surface area contributed by atoms with Gasteiger partial charge in [-0.2, -0.15) is 5.26 Å². The normalized spacial score (nSPS) is 11.0. The topological polar surface area (TPSA) is 280 Å². The highest BCUT2D eigenvalue weighted by Gasteiger charge is 2.19. The molecule has 0 fully saturated rings. The fraction of sp³-hybridized carbons (Fsp3) is 0.208. The molecule has 25 heteroatoms. The van der Waals surface area contributed by atoms with Crippen LogP contribution in [0, 0.1) is 11.3 Å². The Morgan fingerprint density at radius 1 is 0.588 bits per heavy atom.